The largest absolute Gasteiger partial charge is 0.212 e. The fourth-order valence-corrected chi connectivity index (χ4v) is 5.67. The van der Waals surface area contributed by atoms with Crippen LogP contribution in [0.2, 0.25) is 0 Å². The Hall–Kier alpha value is -2.93. The molecule has 0 aliphatic heterocycles. The van der Waals surface area contributed by atoms with E-state index in [-0.39, 0.29) is 10.8 Å². The van der Waals surface area contributed by atoms with E-state index in [9.17, 15) is 0 Å². The van der Waals surface area contributed by atoms with Crippen LogP contribution in [0.5, 0.6) is 0 Å². The van der Waals surface area contributed by atoms with Gasteiger partial charge in [-0.25, -0.2) is 4.57 Å². The predicted molar refractivity (Wildman–Crippen MR) is 136 cm³/mol. The lowest BCUT2D eigenvalue weighted by Crippen LogP contribution is -2.44. The van der Waals surface area contributed by atoms with Gasteiger partial charge in [0.05, 0.1) is 0 Å². The fraction of sp³-hybridized carbons (Fsp3) is 0.323. The average Bonchev–Trinajstić information content (AvgIpc) is 2.77. The molecule has 0 saturated heterocycles. The third kappa shape index (κ3) is 2.73. The Balaban J connectivity index is 1.80. The van der Waals surface area contributed by atoms with Crippen molar-refractivity contribution in [3.05, 3.63) is 88.6 Å². The van der Waals surface area contributed by atoms with E-state index in [0.29, 0.717) is 5.56 Å². The highest BCUT2D eigenvalue weighted by Crippen LogP contribution is 2.56. The highest BCUT2D eigenvalue weighted by Gasteiger charge is 2.47. The normalized spacial score (nSPS) is 17.8. The van der Waals surface area contributed by atoms with Gasteiger partial charge in [-0.2, -0.15) is 0 Å². The van der Waals surface area contributed by atoms with E-state index in [0.717, 1.165) is 16.8 Å². The summed E-state index contributed by atoms with van der Waals surface area (Å²) in [6, 6.07) is 19.9. The fourth-order valence-electron chi connectivity index (χ4n) is 5.67. The molecule has 1 aromatic heterocycles. The number of pyridine rings is 1. The number of hydrogen-bond acceptors (Lipinski definition) is 0. The summed E-state index contributed by atoms with van der Waals surface area (Å²) >= 11 is 0. The van der Waals surface area contributed by atoms with Crippen LogP contribution in [-0.4, -0.2) is 0 Å². The van der Waals surface area contributed by atoms with Crippen molar-refractivity contribution < 1.29 is 8.68 Å². The number of fused-ring (bicyclic) bond motifs is 4. The van der Waals surface area contributed by atoms with Gasteiger partial charge in [-0.05, 0) is 93.9 Å². The van der Waals surface area contributed by atoms with Crippen LogP contribution in [0.15, 0.2) is 60.8 Å². The van der Waals surface area contributed by atoms with Crippen molar-refractivity contribution >= 4 is 10.8 Å². The number of benzene rings is 3. The Bertz CT molecular complexity index is 1510. The first-order chi connectivity index (χ1) is 16.2. The minimum absolute atomic E-state index is 0.0774. The van der Waals surface area contributed by atoms with Crippen molar-refractivity contribution in [1.29, 1.82) is 0 Å². The van der Waals surface area contributed by atoms with Crippen LogP contribution in [0.25, 0.3) is 33.2 Å². The Morgan fingerprint density at radius 1 is 0.750 bits per heavy atom. The van der Waals surface area contributed by atoms with Gasteiger partial charge in [0.2, 0.25) is 5.69 Å². The third-order valence-corrected chi connectivity index (χ3v) is 8.26. The van der Waals surface area contributed by atoms with E-state index in [1.165, 1.54) is 38.6 Å². The molecule has 32 heavy (non-hydrogen) atoms. The van der Waals surface area contributed by atoms with Crippen molar-refractivity contribution in [2.75, 3.05) is 0 Å². The molecule has 0 atom stereocenters. The number of hydrogen-bond donors (Lipinski definition) is 0. The molecule has 0 N–H and O–H groups in total. The van der Waals surface area contributed by atoms with Crippen LogP contribution in [0.1, 0.15) is 59.6 Å². The number of aryl methyl sites for hydroxylation is 3. The van der Waals surface area contributed by atoms with Crippen LogP contribution >= 0.6 is 0 Å². The number of aromatic nitrogens is 1. The summed E-state index contributed by atoms with van der Waals surface area (Å²) in [5, 5.41) is 2.54. The van der Waals surface area contributed by atoms with Gasteiger partial charge in [0.15, 0.2) is 6.20 Å². The van der Waals surface area contributed by atoms with E-state index >= 15 is 0 Å². The van der Waals surface area contributed by atoms with Gasteiger partial charge in [-0.1, -0.05) is 58.0 Å². The number of nitrogens with zero attached hydrogens (tertiary/aromatic N) is 1. The lowest BCUT2D eigenvalue weighted by Gasteiger charge is -2.49. The molecule has 4 aromatic rings. The molecule has 5 rings (SSSR count). The zero-order valence-corrected chi connectivity index (χ0v) is 20.2. The van der Waals surface area contributed by atoms with Gasteiger partial charge < -0.3 is 0 Å². The van der Waals surface area contributed by atoms with Crippen LogP contribution in [0.4, 0.5) is 0 Å². The minimum atomic E-state index is -2.12. The van der Waals surface area contributed by atoms with Gasteiger partial charge in [-0.15, -0.1) is 0 Å². The lowest BCUT2D eigenvalue weighted by molar-refractivity contribution is -0.660. The highest BCUT2D eigenvalue weighted by molar-refractivity contribution is 5.93. The quantitative estimate of drug-likeness (QED) is 0.279. The first-order valence-electron chi connectivity index (χ1n) is 12.9. The number of rotatable bonds is 1. The second-order valence-corrected chi connectivity index (χ2v) is 10.5. The summed E-state index contributed by atoms with van der Waals surface area (Å²) in [5.41, 5.74) is 9.85. The van der Waals surface area contributed by atoms with Crippen LogP contribution in [0, 0.1) is 20.7 Å². The Morgan fingerprint density at radius 3 is 2.09 bits per heavy atom. The summed E-state index contributed by atoms with van der Waals surface area (Å²) in [6.07, 6.45) is 1.77. The van der Waals surface area contributed by atoms with Crippen molar-refractivity contribution in [2.45, 2.75) is 59.2 Å². The van der Waals surface area contributed by atoms with Crippen LogP contribution < -0.4 is 4.57 Å². The molecule has 0 amide bonds. The van der Waals surface area contributed by atoms with E-state index in [2.05, 4.69) is 83.1 Å². The second kappa shape index (κ2) is 6.78. The first-order valence-corrected chi connectivity index (χ1v) is 11.4. The van der Waals surface area contributed by atoms with E-state index in [4.69, 9.17) is 4.11 Å². The monoisotopic (exact) mass is 423 g/mol. The summed E-state index contributed by atoms with van der Waals surface area (Å²) in [6.45, 7) is 11.5. The van der Waals surface area contributed by atoms with E-state index in [1.54, 1.807) is 6.20 Å². The van der Waals surface area contributed by atoms with Gasteiger partial charge >= 0.3 is 0 Å². The van der Waals surface area contributed by atoms with Crippen molar-refractivity contribution in [3.63, 3.8) is 0 Å². The molecule has 1 aliphatic rings. The Kier molecular flexibility index (Phi) is 3.73. The molecule has 0 saturated carbocycles. The molecule has 0 fully saturated rings. The summed E-state index contributed by atoms with van der Waals surface area (Å²) in [4.78, 5) is 0. The van der Waals surface area contributed by atoms with Gasteiger partial charge in [-0.3, -0.25) is 0 Å². The molecular formula is C31H34N+. The average molecular weight is 424 g/mol. The zero-order valence-electron chi connectivity index (χ0n) is 23.2. The molecule has 1 heteroatoms. The van der Waals surface area contributed by atoms with Gasteiger partial charge in [0.25, 0.3) is 0 Å². The maximum atomic E-state index is 7.89. The molecule has 0 spiro atoms. The SMILES string of the molecule is [2H]C([2H])([2H])c1c[n+](C)c(-c2ccc3c(c2C)C(C)(C)C(C)(C)c2cc4ccccc4cc2-3)cc1C. The van der Waals surface area contributed by atoms with Crippen molar-refractivity contribution in [3.8, 4) is 22.4 Å². The minimum Gasteiger partial charge on any atom is -0.201 e. The molecular weight excluding hydrogens is 386 g/mol. The molecule has 1 aliphatic carbocycles. The summed E-state index contributed by atoms with van der Waals surface area (Å²) < 4.78 is 25.6. The molecule has 0 unspecified atom stereocenters. The second-order valence-electron chi connectivity index (χ2n) is 10.5. The molecule has 1 heterocycles. The maximum Gasteiger partial charge on any atom is 0.212 e. The highest BCUT2D eigenvalue weighted by atomic mass is 14.9. The topological polar surface area (TPSA) is 3.88 Å². The molecule has 3 aromatic carbocycles. The Labute approximate surface area is 197 Å². The third-order valence-electron chi connectivity index (χ3n) is 8.26. The van der Waals surface area contributed by atoms with E-state index < -0.39 is 6.85 Å². The van der Waals surface area contributed by atoms with Crippen molar-refractivity contribution in [2.24, 2.45) is 7.05 Å². The van der Waals surface area contributed by atoms with Gasteiger partial charge in [0.1, 0.15) is 7.05 Å². The van der Waals surface area contributed by atoms with Crippen LogP contribution in [0.3, 0.4) is 0 Å². The lowest BCUT2D eigenvalue weighted by atomic mass is 9.54. The van der Waals surface area contributed by atoms with Crippen molar-refractivity contribution in [1.82, 2.24) is 0 Å². The maximum absolute atomic E-state index is 7.89. The predicted octanol–water partition coefficient (Wildman–Crippen LogP) is 7.49. The molecule has 1 nitrogen and oxygen atoms in total. The summed E-state index contributed by atoms with van der Waals surface area (Å²) in [7, 11) is 1.94. The van der Waals surface area contributed by atoms with E-state index in [1.807, 2.05) is 24.6 Å². The molecule has 162 valence electrons. The molecule has 0 bridgehead atoms. The zero-order chi connectivity index (χ0) is 25.5. The first kappa shape index (κ1) is 17.6. The standard InChI is InChI=1S/C31H34N/c1-19-15-28(32(8)18-20(19)2)24-13-14-25-26-16-22-11-9-10-12-23(22)17-27(26)30(4,5)31(6,7)29(25)21(24)3/h9-18H,1-8H3/q+1/i2D3. The molecule has 0 radical (unpaired) electrons. The Morgan fingerprint density at radius 2 is 1.41 bits per heavy atom. The summed E-state index contributed by atoms with van der Waals surface area (Å²) in [5.74, 6) is 0. The van der Waals surface area contributed by atoms with Crippen LogP contribution in [-0.2, 0) is 17.9 Å². The smallest absolute Gasteiger partial charge is 0.201 e. The van der Waals surface area contributed by atoms with Gasteiger partial charge in [0, 0.05) is 21.3 Å².